The van der Waals surface area contributed by atoms with Crippen molar-refractivity contribution in [3.8, 4) is 11.8 Å². The molecule has 0 unspecified atom stereocenters. The molecule has 4 nitrogen and oxygen atoms in total. The SMILES string of the molecule is C=Cc1c(C#Cc2ccc(C3=NCCN3)cc2)cnc(N)c1C=C. The number of hydrogen-bond acceptors (Lipinski definition) is 4. The number of nitrogen functional groups attached to an aromatic ring is 1. The lowest BCUT2D eigenvalue weighted by atomic mass is 10.0. The first-order valence-corrected chi connectivity index (χ1v) is 7.67. The normalized spacial score (nSPS) is 12.6. The first-order valence-electron chi connectivity index (χ1n) is 7.67. The fourth-order valence-corrected chi connectivity index (χ4v) is 2.53. The van der Waals surface area contributed by atoms with Gasteiger partial charge in [0.2, 0.25) is 0 Å². The van der Waals surface area contributed by atoms with Crippen LogP contribution in [0.1, 0.15) is 27.8 Å². The number of nitrogens with one attached hydrogen (secondary N) is 1. The Morgan fingerprint density at radius 1 is 1.08 bits per heavy atom. The van der Waals surface area contributed by atoms with Gasteiger partial charge in [0, 0.05) is 35.0 Å². The molecule has 0 fully saturated rings. The van der Waals surface area contributed by atoms with Gasteiger partial charge >= 0.3 is 0 Å². The highest BCUT2D eigenvalue weighted by Gasteiger charge is 2.08. The van der Waals surface area contributed by atoms with Crippen molar-refractivity contribution < 1.29 is 0 Å². The van der Waals surface area contributed by atoms with Gasteiger partial charge in [-0.3, -0.25) is 4.99 Å². The number of amidine groups is 1. The third kappa shape index (κ3) is 3.06. The van der Waals surface area contributed by atoms with Gasteiger partial charge in [0.15, 0.2) is 0 Å². The highest BCUT2D eigenvalue weighted by Crippen LogP contribution is 2.21. The van der Waals surface area contributed by atoms with Gasteiger partial charge in [0.05, 0.1) is 12.1 Å². The molecule has 24 heavy (non-hydrogen) atoms. The van der Waals surface area contributed by atoms with E-state index in [2.05, 4.69) is 40.3 Å². The first kappa shape index (κ1) is 15.6. The highest BCUT2D eigenvalue weighted by atomic mass is 15.1. The van der Waals surface area contributed by atoms with E-state index in [9.17, 15) is 0 Å². The highest BCUT2D eigenvalue weighted by molar-refractivity contribution is 5.99. The third-order valence-corrected chi connectivity index (χ3v) is 3.77. The molecule has 1 aromatic heterocycles. The van der Waals surface area contributed by atoms with Crippen LogP contribution in [0, 0.1) is 11.8 Å². The molecule has 0 radical (unpaired) electrons. The van der Waals surface area contributed by atoms with Crippen LogP contribution in [0.15, 0.2) is 48.6 Å². The lowest BCUT2D eigenvalue weighted by Crippen LogP contribution is -2.19. The molecule has 3 N–H and O–H groups in total. The second kappa shape index (κ2) is 6.84. The Morgan fingerprint density at radius 3 is 2.46 bits per heavy atom. The Morgan fingerprint density at radius 2 is 1.83 bits per heavy atom. The van der Waals surface area contributed by atoms with E-state index in [1.54, 1.807) is 18.3 Å². The van der Waals surface area contributed by atoms with Gasteiger partial charge in [-0.2, -0.15) is 0 Å². The second-order valence-electron chi connectivity index (χ2n) is 5.28. The molecule has 0 atom stereocenters. The molecular weight excluding hydrogens is 296 g/mol. The van der Waals surface area contributed by atoms with Crippen LogP contribution in [0.25, 0.3) is 12.2 Å². The zero-order valence-corrected chi connectivity index (χ0v) is 13.3. The molecule has 0 bridgehead atoms. The standard InChI is InChI=1S/C20H18N4/c1-3-17-16(13-24-19(21)18(17)4-2)10-7-14-5-8-15(9-6-14)20-22-11-12-23-20/h3-6,8-9,13H,1-2,11-12H2,(H2,21,24)(H,22,23). The molecule has 4 heteroatoms. The minimum Gasteiger partial charge on any atom is -0.383 e. The molecule has 0 amide bonds. The molecule has 0 spiro atoms. The predicted octanol–water partition coefficient (Wildman–Crippen LogP) is 2.70. The Kier molecular flexibility index (Phi) is 4.44. The van der Waals surface area contributed by atoms with Crippen molar-refractivity contribution in [2.75, 3.05) is 18.8 Å². The number of aliphatic imine (C=N–C) groups is 1. The minimum absolute atomic E-state index is 0.430. The molecule has 2 heterocycles. The summed E-state index contributed by atoms with van der Waals surface area (Å²) in [5.74, 6) is 7.67. The number of aromatic nitrogens is 1. The van der Waals surface area contributed by atoms with Gasteiger partial charge in [-0.15, -0.1) is 0 Å². The molecule has 3 rings (SSSR count). The van der Waals surface area contributed by atoms with E-state index in [1.165, 1.54) is 0 Å². The third-order valence-electron chi connectivity index (χ3n) is 3.77. The van der Waals surface area contributed by atoms with E-state index in [0.29, 0.717) is 5.82 Å². The summed E-state index contributed by atoms with van der Waals surface area (Å²) in [5.41, 5.74) is 10.3. The van der Waals surface area contributed by atoms with Crippen LogP contribution in [0.2, 0.25) is 0 Å². The molecule has 0 saturated heterocycles. The van der Waals surface area contributed by atoms with E-state index in [0.717, 1.165) is 46.7 Å². The minimum atomic E-state index is 0.430. The van der Waals surface area contributed by atoms with E-state index >= 15 is 0 Å². The van der Waals surface area contributed by atoms with Crippen LogP contribution in [0.3, 0.4) is 0 Å². The molecule has 0 aliphatic carbocycles. The Labute approximate surface area is 141 Å². The second-order valence-corrected chi connectivity index (χ2v) is 5.28. The molecule has 1 aliphatic heterocycles. The molecule has 1 aliphatic rings. The van der Waals surface area contributed by atoms with E-state index in [1.807, 2.05) is 24.3 Å². The monoisotopic (exact) mass is 314 g/mol. The van der Waals surface area contributed by atoms with Crippen LogP contribution in [-0.2, 0) is 0 Å². The van der Waals surface area contributed by atoms with Crippen LogP contribution in [0.5, 0.6) is 0 Å². The van der Waals surface area contributed by atoms with Gasteiger partial charge in [0.1, 0.15) is 11.7 Å². The van der Waals surface area contributed by atoms with E-state index in [-0.39, 0.29) is 0 Å². The Balaban J connectivity index is 1.90. The average molecular weight is 314 g/mol. The number of nitrogens with two attached hydrogens (primary N) is 1. The lowest BCUT2D eigenvalue weighted by molar-refractivity contribution is 0.960. The number of rotatable bonds is 3. The maximum absolute atomic E-state index is 5.86. The first-order chi connectivity index (χ1) is 11.7. The van der Waals surface area contributed by atoms with Crippen molar-refractivity contribution in [3.63, 3.8) is 0 Å². The van der Waals surface area contributed by atoms with Gasteiger partial charge in [-0.1, -0.05) is 49.3 Å². The fraction of sp³-hybridized carbons (Fsp3) is 0.100. The molecular formula is C20H18N4. The summed E-state index contributed by atoms with van der Waals surface area (Å²) in [5, 5.41) is 3.26. The quantitative estimate of drug-likeness (QED) is 0.856. The molecule has 1 aromatic carbocycles. The van der Waals surface area contributed by atoms with Gasteiger partial charge in [-0.25, -0.2) is 4.98 Å². The average Bonchev–Trinajstić information content (AvgIpc) is 3.15. The van der Waals surface area contributed by atoms with Gasteiger partial charge < -0.3 is 11.1 Å². The largest absolute Gasteiger partial charge is 0.383 e. The summed E-state index contributed by atoms with van der Waals surface area (Å²) >= 11 is 0. The van der Waals surface area contributed by atoms with Crippen molar-refractivity contribution in [2.24, 2.45) is 4.99 Å². The molecule has 0 saturated carbocycles. The number of nitrogens with zero attached hydrogens (tertiary/aromatic N) is 2. The van der Waals surface area contributed by atoms with Crippen molar-refractivity contribution in [1.29, 1.82) is 0 Å². The lowest BCUT2D eigenvalue weighted by Gasteiger charge is -2.06. The van der Waals surface area contributed by atoms with Crippen molar-refractivity contribution in [3.05, 3.63) is 71.4 Å². The summed E-state index contributed by atoms with van der Waals surface area (Å²) < 4.78 is 0. The number of anilines is 1. The number of pyridine rings is 1. The summed E-state index contributed by atoms with van der Waals surface area (Å²) in [6.45, 7) is 9.34. The van der Waals surface area contributed by atoms with Crippen LogP contribution >= 0.6 is 0 Å². The van der Waals surface area contributed by atoms with Gasteiger partial charge in [0.25, 0.3) is 0 Å². The predicted molar refractivity (Wildman–Crippen MR) is 101 cm³/mol. The van der Waals surface area contributed by atoms with Crippen LogP contribution in [-0.4, -0.2) is 23.9 Å². The maximum atomic E-state index is 5.86. The Hall–Kier alpha value is -3.32. The van der Waals surface area contributed by atoms with Crippen molar-refractivity contribution in [2.45, 2.75) is 0 Å². The van der Waals surface area contributed by atoms with Crippen molar-refractivity contribution >= 4 is 23.8 Å². The fourth-order valence-electron chi connectivity index (χ4n) is 2.53. The number of hydrogen-bond donors (Lipinski definition) is 2. The number of benzene rings is 1. The van der Waals surface area contributed by atoms with Crippen LogP contribution in [0.4, 0.5) is 5.82 Å². The topological polar surface area (TPSA) is 63.3 Å². The Bertz CT molecular complexity index is 880. The summed E-state index contributed by atoms with van der Waals surface area (Å²) in [7, 11) is 0. The summed E-state index contributed by atoms with van der Waals surface area (Å²) in [6.07, 6.45) is 5.07. The van der Waals surface area contributed by atoms with E-state index in [4.69, 9.17) is 5.73 Å². The van der Waals surface area contributed by atoms with Crippen LogP contribution < -0.4 is 11.1 Å². The maximum Gasteiger partial charge on any atom is 0.131 e. The smallest absolute Gasteiger partial charge is 0.131 e. The summed E-state index contributed by atoms with van der Waals surface area (Å²) in [4.78, 5) is 8.58. The summed E-state index contributed by atoms with van der Waals surface area (Å²) in [6, 6.07) is 8.01. The zero-order valence-electron chi connectivity index (χ0n) is 13.3. The molecule has 118 valence electrons. The van der Waals surface area contributed by atoms with Gasteiger partial charge in [-0.05, 0) is 12.1 Å². The molecule has 2 aromatic rings. The van der Waals surface area contributed by atoms with E-state index < -0.39 is 0 Å². The zero-order chi connectivity index (χ0) is 16.9. The van der Waals surface area contributed by atoms with Crippen molar-refractivity contribution in [1.82, 2.24) is 10.3 Å².